The summed E-state index contributed by atoms with van der Waals surface area (Å²) < 4.78 is 4.79. The quantitative estimate of drug-likeness (QED) is 0.148. The highest BCUT2D eigenvalue weighted by molar-refractivity contribution is 7.09. The molecule has 1 aromatic rings. The number of methoxy groups -OCH3 is 1. The first-order valence-corrected chi connectivity index (χ1v) is 16.9. The summed E-state index contributed by atoms with van der Waals surface area (Å²) in [6.07, 6.45) is -1.15. The molecule has 0 saturated carbocycles. The van der Waals surface area contributed by atoms with Crippen LogP contribution in [0.15, 0.2) is 5.38 Å². The molecule has 46 heavy (non-hydrogen) atoms. The van der Waals surface area contributed by atoms with Gasteiger partial charge in [0.1, 0.15) is 6.04 Å². The number of nitrogens with one attached hydrogen (secondary N) is 4. The summed E-state index contributed by atoms with van der Waals surface area (Å²) in [7, 11) is 1.18. The van der Waals surface area contributed by atoms with Gasteiger partial charge in [-0.3, -0.25) is 24.6 Å². The molecule has 0 aliphatic carbocycles. The van der Waals surface area contributed by atoms with Crippen molar-refractivity contribution >= 4 is 41.1 Å². The maximum atomic E-state index is 13.0. The summed E-state index contributed by atoms with van der Waals surface area (Å²) in [6.45, 7) is 17.2. The largest absolute Gasteiger partial charge is 0.452 e. The second kappa shape index (κ2) is 20.1. The van der Waals surface area contributed by atoms with Gasteiger partial charge in [-0.05, 0) is 37.5 Å². The molecule has 1 aromatic heterocycles. The Morgan fingerprint density at radius 1 is 0.913 bits per heavy atom. The molecule has 0 fully saturated rings. The maximum absolute atomic E-state index is 13.0. The smallest absolute Gasteiger partial charge is 0.428 e. The van der Waals surface area contributed by atoms with Crippen LogP contribution in [0.1, 0.15) is 85.4 Å². The van der Waals surface area contributed by atoms with Crippen LogP contribution in [0, 0.1) is 36.5 Å². The van der Waals surface area contributed by atoms with Crippen molar-refractivity contribution in [1.82, 2.24) is 31.4 Å². The fourth-order valence-corrected chi connectivity index (χ4v) is 5.49. The van der Waals surface area contributed by atoms with Crippen LogP contribution in [0.5, 0.6) is 0 Å². The van der Waals surface area contributed by atoms with Gasteiger partial charge < -0.3 is 25.8 Å². The monoisotopic (exact) mass is 668 g/mol. The van der Waals surface area contributed by atoms with E-state index in [1.54, 1.807) is 13.8 Å². The molecule has 1 rings (SSSR count). The highest BCUT2D eigenvalue weighted by Crippen LogP contribution is 2.17. The average molecular weight is 669 g/mol. The number of carbonyl (C=O) groups excluding carboxylic acids is 5. The lowest BCUT2D eigenvalue weighted by Crippen LogP contribution is -2.52. The van der Waals surface area contributed by atoms with Crippen molar-refractivity contribution in [3.05, 3.63) is 16.1 Å². The summed E-state index contributed by atoms with van der Waals surface area (Å²) in [4.78, 5) is 68.3. The standard InChI is InChI=1S/C32H56N6O7S/c1-18(2)13-24(25(39)14-21(7)29(41)36-28(20(5)6)31(43)33-16-19(3)4)35-26(40)11-12-38(32(44)45-10)37-30(42)22(8)15-27-34-23(9)17-46-27/h17-22,24-25,28,39H,11-16H2,1-10H3,(H,33,43)(H,35,40)(H,36,41)(H,37,42)/t21-,22?,24+,25+,28?/m1/s1. The number of carbonyl (C=O) groups is 5. The van der Waals surface area contributed by atoms with E-state index in [-0.39, 0.29) is 49.0 Å². The molecule has 0 spiro atoms. The molecule has 262 valence electrons. The Bertz CT molecular complexity index is 1140. The van der Waals surface area contributed by atoms with Gasteiger partial charge in [-0.25, -0.2) is 14.8 Å². The zero-order chi connectivity index (χ0) is 35.1. The van der Waals surface area contributed by atoms with Crippen molar-refractivity contribution < 1.29 is 33.8 Å². The lowest BCUT2D eigenvalue weighted by molar-refractivity contribution is -0.132. The number of aliphatic hydroxyl groups excluding tert-OH is 1. The Morgan fingerprint density at radius 2 is 1.57 bits per heavy atom. The molecule has 13 nitrogen and oxygen atoms in total. The SMILES string of the molecule is COC(=O)N(CCC(=O)N[C@@H](CC(C)C)[C@@H](O)C[C@@H](C)C(=O)NC(C(=O)NCC(C)C)C(C)C)NC(=O)C(C)Cc1nc(C)cs1. The minimum atomic E-state index is -1.05. The molecular formula is C32H56N6O7S. The Morgan fingerprint density at radius 3 is 2.09 bits per heavy atom. The number of aromatic nitrogens is 1. The molecule has 0 radical (unpaired) electrons. The lowest BCUT2D eigenvalue weighted by Gasteiger charge is -2.29. The van der Waals surface area contributed by atoms with Crippen LogP contribution in [-0.2, 0) is 30.3 Å². The van der Waals surface area contributed by atoms with Gasteiger partial charge in [0.2, 0.25) is 23.6 Å². The number of nitrogens with zero attached hydrogens (tertiary/aromatic N) is 2. The van der Waals surface area contributed by atoms with E-state index in [0.717, 1.165) is 15.7 Å². The van der Waals surface area contributed by atoms with Gasteiger partial charge in [0.25, 0.3) is 0 Å². The normalized spacial score (nSPS) is 14.7. The number of hydrogen-bond acceptors (Lipinski definition) is 9. The molecule has 5 atom stereocenters. The van der Waals surface area contributed by atoms with Gasteiger partial charge in [-0.15, -0.1) is 11.3 Å². The fraction of sp³-hybridized carbons (Fsp3) is 0.750. The van der Waals surface area contributed by atoms with Crippen molar-refractivity contribution in [3.63, 3.8) is 0 Å². The predicted octanol–water partition coefficient (Wildman–Crippen LogP) is 2.95. The summed E-state index contributed by atoms with van der Waals surface area (Å²) >= 11 is 1.46. The second-order valence-electron chi connectivity index (χ2n) is 13.2. The highest BCUT2D eigenvalue weighted by atomic mass is 32.1. The fourth-order valence-electron chi connectivity index (χ4n) is 4.59. The summed E-state index contributed by atoms with van der Waals surface area (Å²) in [5, 5.41) is 23.3. The van der Waals surface area contributed by atoms with Crippen LogP contribution >= 0.6 is 11.3 Å². The van der Waals surface area contributed by atoms with Crippen molar-refractivity contribution in [2.75, 3.05) is 20.2 Å². The molecule has 0 aliphatic heterocycles. The van der Waals surface area contributed by atoms with Crippen LogP contribution in [0.25, 0.3) is 0 Å². The Labute approximate surface area is 278 Å². The number of ether oxygens (including phenoxy) is 1. The second-order valence-corrected chi connectivity index (χ2v) is 14.2. The number of hydrazine groups is 1. The molecule has 5 amide bonds. The molecule has 1 heterocycles. The van der Waals surface area contributed by atoms with Crippen LogP contribution in [0.3, 0.4) is 0 Å². The first-order chi connectivity index (χ1) is 21.4. The number of rotatable bonds is 18. The van der Waals surface area contributed by atoms with Crippen molar-refractivity contribution in [2.24, 2.45) is 29.6 Å². The predicted molar refractivity (Wildman–Crippen MR) is 177 cm³/mol. The zero-order valence-electron chi connectivity index (χ0n) is 29.1. The van der Waals surface area contributed by atoms with Gasteiger partial charge in [-0.2, -0.15) is 0 Å². The first kappa shape index (κ1) is 40.8. The third-order valence-corrected chi connectivity index (χ3v) is 8.30. The van der Waals surface area contributed by atoms with Gasteiger partial charge in [-0.1, -0.05) is 55.4 Å². The summed E-state index contributed by atoms with van der Waals surface area (Å²) in [6, 6.07) is -1.38. The van der Waals surface area contributed by atoms with Crippen LogP contribution in [0.4, 0.5) is 4.79 Å². The Kier molecular flexibility index (Phi) is 17.8. The molecule has 0 aromatic carbocycles. The molecule has 0 bridgehead atoms. The molecule has 5 N–H and O–H groups in total. The molecular weight excluding hydrogens is 612 g/mol. The highest BCUT2D eigenvalue weighted by Gasteiger charge is 2.30. The van der Waals surface area contributed by atoms with Crippen molar-refractivity contribution in [1.29, 1.82) is 0 Å². The van der Waals surface area contributed by atoms with Gasteiger partial charge in [0.15, 0.2) is 0 Å². The average Bonchev–Trinajstić information content (AvgIpc) is 3.38. The van der Waals surface area contributed by atoms with Crippen LogP contribution in [0.2, 0.25) is 0 Å². The Balaban J connectivity index is 2.81. The summed E-state index contributed by atoms with van der Waals surface area (Å²) in [5.41, 5.74) is 3.41. The van der Waals surface area contributed by atoms with Gasteiger partial charge in [0, 0.05) is 42.3 Å². The number of hydrogen-bond donors (Lipinski definition) is 5. The van der Waals surface area contributed by atoms with E-state index < -0.39 is 47.9 Å². The zero-order valence-corrected chi connectivity index (χ0v) is 30.0. The van der Waals surface area contributed by atoms with Gasteiger partial charge >= 0.3 is 6.09 Å². The molecule has 0 saturated heterocycles. The van der Waals surface area contributed by atoms with Crippen molar-refractivity contribution in [3.8, 4) is 0 Å². The molecule has 0 aliphatic rings. The third-order valence-electron chi connectivity index (χ3n) is 7.31. The number of thiazole rings is 1. The minimum absolute atomic E-state index is 0.0583. The third kappa shape index (κ3) is 14.9. The van der Waals surface area contributed by atoms with E-state index >= 15 is 0 Å². The van der Waals surface area contributed by atoms with Crippen LogP contribution in [-0.4, -0.2) is 83.2 Å². The summed E-state index contributed by atoms with van der Waals surface area (Å²) in [5.74, 6) is -2.36. The molecule has 14 heteroatoms. The first-order valence-electron chi connectivity index (χ1n) is 16.1. The van der Waals surface area contributed by atoms with E-state index in [1.807, 2.05) is 53.8 Å². The van der Waals surface area contributed by atoms with E-state index in [0.29, 0.717) is 19.4 Å². The van der Waals surface area contributed by atoms with E-state index in [9.17, 15) is 29.1 Å². The molecule has 2 unspecified atom stereocenters. The number of aliphatic hydroxyl groups is 1. The minimum Gasteiger partial charge on any atom is -0.452 e. The van der Waals surface area contributed by atoms with Crippen molar-refractivity contribution in [2.45, 2.75) is 106 Å². The van der Waals surface area contributed by atoms with Crippen LogP contribution < -0.4 is 21.4 Å². The van der Waals surface area contributed by atoms with E-state index in [2.05, 4.69) is 26.4 Å². The Hall–Kier alpha value is -3.26. The van der Waals surface area contributed by atoms with Gasteiger partial charge in [0.05, 0.1) is 30.8 Å². The lowest BCUT2D eigenvalue weighted by atomic mass is 9.92. The van der Waals surface area contributed by atoms with E-state index in [1.165, 1.54) is 18.4 Å². The number of aryl methyl sites for hydroxylation is 1. The van der Waals surface area contributed by atoms with E-state index in [4.69, 9.17) is 4.74 Å². The number of amides is 5. The maximum Gasteiger partial charge on any atom is 0.428 e. The topological polar surface area (TPSA) is 179 Å².